The van der Waals surface area contributed by atoms with Crippen molar-refractivity contribution in [3.8, 4) is 5.75 Å². The Kier molecular flexibility index (Phi) is 5.74. The smallest absolute Gasteiger partial charge is 0.258 e. The molecule has 0 saturated heterocycles. The first-order chi connectivity index (χ1) is 12.4. The van der Waals surface area contributed by atoms with E-state index in [4.69, 9.17) is 4.74 Å². The fraction of sp³-hybridized carbons (Fsp3) is 0.222. The summed E-state index contributed by atoms with van der Waals surface area (Å²) in [4.78, 5) is 21.6. The highest BCUT2D eigenvalue weighted by molar-refractivity contribution is 9.11. The van der Waals surface area contributed by atoms with E-state index < -0.39 is 5.82 Å². The van der Waals surface area contributed by atoms with Crippen molar-refractivity contribution in [3.05, 3.63) is 66.8 Å². The third-order valence-electron chi connectivity index (χ3n) is 3.87. The van der Waals surface area contributed by atoms with Gasteiger partial charge in [0.05, 0.1) is 24.6 Å². The van der Waals surface area contributed by atoms with Crippen LogP contribution in [0, 0.1) is 5.82 Å². The second kappa shape index (κ2) is 7.85. The lowest BCUT2D eigenvalue weighted by Gasteiger charge is -2.17. The highest BCUT2D eigenvalue weighted by Crippen LogP contribution is 2.25. The number of nitrogens with one attached hydrogen (secondary N) is 1. The first-order valence-electron chi connectivity index (χ1n) is 7.76. The molecule has 0 fully saturated rings. The van der Waals surface area contributed by atoms with Gasteiger partial charge in [0, 0.05) is 15.5 Å². The van der Waals surface area contributed by atoms with Gasteiger partial charge in [0.25, 0.3) is 5.56 Å². The summed E-state index contributed by atoms with van der Waals surface area (Å²) in [5, 5.41) is 0.509. The van der Waals surface area contributed by atoms with Crippen LogP contribution in [0.3, 0.4) is 0 Å². The highest BCUT2D eigenvalue weighted by Gasteiger charge is 2.11. The van der Waals surface area contributed by atoms with E-state index in [9.17, 15) is 9.18 Å². The van der Waals surface area contributed by atoms with Crippen molar-refractivity contribution in [3.63, 3.8) is 0 Å². The number of nitrogens with zero attached hydrogens (tertiary/aromatic N) is 2. The molecule has 3 aromatic rings. The van der Waals surface area contributed by atoms with Gasteiger partial charge in [0.15, 0.2) is 11.6 Å². The number of H-pyrrole nitrogens is 1. The van der Waals surface area contributed by atoms with E-state index in [1.54, 1.807) is 12.1 Å². The fourth-order valence-electron chi connectivity index (χ4n) is 2.72. The van der Waals surface area contributed by atoms with Crippen LogP contribution >= 0.6 is 31.9 Å². The standard InChI is InChI=1S/C18H16Br2FN3O2/c1-24(8-10-3-4-15(26-2)14(21)5-10)9-16-22-17-12(18(25)23-16)6-11(19)7-13(17)20/h3-7H,8-9H2,1-2H3,(H,22,23,25). The maximum atomic E-state index is 13.8. The molecule has 1 N–H and O–H groups in total. The van der Waals surface area contributed by atoms with Crippen molar-refractivity contribution < 1.29 is 9.13 Å². The number of methoxy groups -OCH3 is 1. The molecule has 5 nitrogen and oxygen atoms in total. The number of rotatable bonds is 5. The van der Waals surface area contributed by atoms with Crippen molar-refractivity contribution >= 4 is 42.8 Å². The Hall–Kier alpha value is -1.77. The maximum Gasteiger partial charge on any atom is 0.258 e. The van der Waals surface area contributed by atoms with Gasteiger partial charge in [-0.3, -0.25) is 9.69 Å². The van der Waals surface area contributed by atoms with Crippen LogP contribution in [0.25, 0.3) is 10.9 Å². The van der Waals surface area contributed by atoms with Gasteiger partial charge < -0.3 is 9.72 Å². The second-order valence-electron chi connectivity index (χ2n) is 5.94. The number of fused-ring (bicyclic) bond motifs is 1. The number of aromatic nitrogens is 2. The monoisotopic (exact) mass is 483 g/mol. The third-order valence-corrected chi connectivity index (χ3v) is 4.93. The van der Waals surface area contributed by atoms with Crippen LogP contribution in [-0.2, 0) is 13.1 Å². The summed E-state index contributed by atoms with van der Waals surface area (Å²) in [5.41, 5.74) is 1.21. The van der Waals surface area contributed by atoms with Crippen LogP contribution in [0.5, 0.6) is 5.75 Å². The summed E-state index contributed by atoms with van der Waals surface area (Å²) >= 11 is 6.82. The molecule has 0 radical (unpaired) electrons. The minimum Gasteiger partial charge on any atom is -0.494 e. The van der Waals surface area contributed by atoms with Gasteiger partial charge in [-0.15, -0.1) is 0 Å². The molecular formula is C18H16Br2FN3O2. The highest BCUT2D eigenvalue weighted by atomic mass is 79.9. The van der Waals surface area contributed by atoms with E-state index in [-0.39, 0.29) is 11.3 Å². The maximum absolute atomic E-state index is 13.8. The molecule has 0 amide bonds. The Labute approximate surface area is 166 Å². The molecule has 3 rings (SSSR count). The minimum absolute atomic E-state index is 0.198. The fourth-order valence-corrected chi connectivity index (χ4v) is 4.03. The quantitative estimate of drug-likeness (QED) is 0.588. The summed E-state index contributed by atoms with van der Waals surface area (Å²) in [7, 11) is 3.31. The lowest BCUT2D eigenvalue weighted by atomic mass is 10.2. The molecule has 0 aliphatic rings. The predicted molar refractivity (Wildman–Crippen MR) is 106 cm³/mol. The number of ether oxygens (including phenoxy) is 1. The van der Waals surface area contributed by atoms with E-state index in [2.05, 4.69) is 41.8 Å². The van der Waals surface area contributed by atoms with Crippen molar-refractivity contribution in [2.24, 2.45) is 0 Å². The number of halogens is 3. The van der Waals surface area contributed by atoms with E-state index in [1.807, 2.05) is 24.1 Å². The van der Waals surface area contributed by atoms with Crippen molar-refractivity contribution in [1.82, 2.24) is 14.9 Å². The first-order valence-corrected chi connectivity index (χ1v) is 9.35. The van der Waals surface area contributed by atoms with Gasteiger partial charge in [-0.05, 0) is 52.8 Å². The van der Waals surface area contributed by atoms with Crippen LogP contribution in [0.1, 0.15) is 11.4 Å². The number of hydrogen-bond acceptors (Lipinski definition) is 4. The van der Waals surface area contributed by atoms with Gasteiger partial charge in [-0.1, -0.05) is 22.0 Å². The molecule has 2 aromatic carbocycles. The van der Waals surface area contributed by atoms with E-state index >= 15 is 0 Å². The molecule has 1 aromatic heterocycles. The number of benzene rings is 2. The lowest BCUT2D eigenvalue weighted by molar-refractivity contribution is 0.309. The Bertz CT molecular complexity index is 1020. The topological polar surface area (TPSA) is 58.2 Å². The summed E-state index contributed by atoms with van der Waals surface area (Å²) in [6.07, 6.45) is 0. The first kappa shape index (κ1) is 19.0. The molecule has 1 heterocycles. The van der Waals surface area contributed by atoms with E-state index in [0.717, 1.165) is 14.5 Å². The molecule has 136 valence electrons. The zero-order valence-corrected chi connectivity index (χ0v) is 17.3. The lowest BCUT2D eigenvalue weighted by Crippen LogP contribution is -2.22. The van der Waals surface area contributed by atoms with Gasteiger partial charge >= 0.3 is 0 Å². The molecule has 0 bridgehead atoms. The Morgan fingerprint density at radius 2 is 2.00 bits per heavy atom. The van der Waals surface area contributed by atoms with Crippen LogP contribution in [0.2, 0.25) is 0 Å². The largest absolute Gasteiger partial charge is 0.494 e. The normalized spacial score (nSPS) is 11.3. The minimum atomic E-state index is -0.398. The Balaban J connectivity index is 1.82. The second-order valence-corrected chi connectivity index (χ2v) is 7.71. The van der Waals surface area contributed by atoms with Gasteiger partial charge in [0.1, 0.15) is 5.82 Å². The number of aromatic amines is 1. The molecule has 26 heavy (non-hydrogen) atoms. The number of hydrogen-bond donors (Lipinski definition) is 1. The van der Waals surface area contributed by atoms with Crippen molar-refractivity contribution in [2.45, 2.75) is 13.1 Å². The average Bonchev–Trinajstić information content (AvgIpc) is 2.56. The molecule has 0 atom stereocenters. The summed E-state index contributed by atoms with van der Waals surface area (Å²) in [5.74, 6) is 0.361. The van der Waals surface area contributed by atoms with Crippen LogP contribution in [-0.4, -0.2) is 29.0 Å². The molecule has 0 unspecified atom stereocenters. The zero-order valence-electron chi connectivity index (χ0n) is 14.1. The van der Waals surface area contributed by atoms with Gasteiger partial charge in [0.2, 0.25) is 0 Å². The van der Waals surface area contributed by atoms with Gasteiger partial charge in [-0.25, -0.2) is 9.37 Å². The molecular weight excluding hydrogens is 469 g/mol. The predicted octanol–water partition coefficient (Wildman–Crippen LogP) is 4.23. The van der Waals surface area contributed by atoms with Crippen molar-refractivity contribution in [2.75, 3.05) is 14.2 Å². The summed E-state index contributed by atoms with van der Waals surface area (Å²) < 4.78 is 20.3. The zero-order chi connectivity index (χ0) is 18.8. The SMILES string of the molecule is COc1ccc(CN(C)Cc2nc3c(Br)cc(Br)cc3c(=O)[nH]2)cc1F. The summed E-state index contributed by atoms with van der Waals surface area (Å²) in [6.45, 7) is 0.922. The molecule has 8 heteroatoms. The Morgan fingerprint density at radius 3 is 2.69 bits per heavy atom. The molecule has 0 aliphatic carbocycles. The van der Waals surface area contributed by atoms with Crippen LogP contribution < -0.4 is 10.3 Å². The van der Waals surface area contributed by atoms with Crippen LogP contribution in [0.4, 0.5) is 4.39 Å². The summed E-state index contributed by atoms with van der Waals surface area (Å²) in [6, 6.07) is 8.44. The van der Waals surface area contributed by atoms with Gasteiger partial charge in [-0.2, -0.15) is 0 Å². The van der Waals surface area contributed by atoms with E-state index in [0.29, 0.717) is 29.8 Å². The molecule has 0 saturated carbocycles. The average molecular weight is 485 g/mol. The third kappa shape index (κ3) is 4.13. The van der Waals surface area contributed by atoms with Crippen molar-refractivity contribution in [1.29, 1.82) is 0 Å². The van der Waals surface area contributed by atoms with Crippen LogP contribution in [0.15, 0.2) is 44.1 Å². The Morgan fingerprint density at radius 1 is 1.23 bits per heavy atom. The van der Waals surface area contributed by atoms with E-state index in [1.165, 1.54) is 13.2 Å². The molecule has 0 spiro atoms. The molecule has 0 aliphatic heterocycles.